The van der Waals surface area contributed by atoms with Gasteiger partial charge in [-0.3, -0.25) is 0 Å². The Labute approximate surface area is 203 Å². The lowest BCUT2D eigenvalue weighted by Gasteiger charge is -2.39. The summed E-state index contributed by atoms with van der Waals surface area (Å²) in [6.07, 6.45) is -1.01. The summed E-state index contributed by atoms with van der Waals surface area (Å²) in [7, 11) is 1.56. The lowest BCUT2D eigenvalue weighted by Crippen LogP contribution is -2.48. The van der Waals surface area contributed by atoms with E-state index in [9.17, 15) is 22.0 Å². The Bertz CT molecular complexity index is 1220. The van der Waals surface area contributed by atoms with Crippen molar-refractivity contribution in [2.24, 2.45) is 11.8 Å². The Kier molecular flexibility index (Phi) is 6.31. The molecule has 192 valence electrons. The van der Waals surface area contributed by atoms with Crippen LogP contribution in [0.2, 0.25) is 0 Å². The van der Waals surface area contributed by atoms with Crippen molar-refractivity contribution < 1.29 is 31.4 Å². The predicted molar refractivity (Wildman–Crippen MR) is 119 cm³/mol. The van der Waals surface area contributed by atoms with Crippen molar-refractivity contribution in [3.63, 3.8) is 0 Å². The maximum atomic E-state index is 13.6. The second-order valence-corrected chi connectivity index (χ2v) is 8.90. The summed E-state index contributed by atoms with van der Waals surface area (Å²) >= 11 is 0. The number of aromatic nitrogens is 4. The normalized spacial score (nSPS) is 21.5. The molecule has 3 atom stereocenters. The molecule has 3 heterocycles. The number of hydrogen-bond donors (Lipinski definition) is 1. The fourth-order valence-corrected chi connectivity index (χ4v) is 4.91. The number of hydrogen-bond acceptors (Lipinski definition) is 7. The van der Waals surface area contributed by atoms with E-state index >= 15 is 0 Å². The molecule has 1 saturated heterocycles. The third-order valence-electron chi connectivity index (χ3n) is 6.49. The van der Waals surface area contributed by atoms with Gasteiger partial charge in [-0.2, -0.15) is 18.2 Å². The van der Waals surface area contributed by atoms with Gasteiger partial charge in [-0.05, 0) is 42.9 Å². The van der Waals surface area contributed by atoms with Gasteiger partial charge in [-0.1, -0.05) is 0 Å². The van der Waals surface area contributed by atoms with Crippen LogP contribution in [0.3, 0.4) is 0 Å². The number of anilines is 2. The number of piperidine rings is 1. The van der Waals surface area contributed by atoms with Crippen LogP contribution in [0.1, 0.15) is 12.8 Å². The minimum absolute atomic E-state index is 0.0160. The largest absolute Gasteiger partial charge is 0.481 e. The summed E-state index contributed by atoms with van der Waals surface area (Å²) in [6, 6.07) is 5.92. The zero-order valence-corrected chi connectivity index (χ0v) is 19.2. The molecule has 5 rings (SSSR count). The molecule has 0 unspecified atom stereocenters. The monoisotopic (exact) mass is 510 g/mol. The first kappa shape index (κ1) is 24.1. The lowest BCUT2D eigenvalue weighted by atomic mass is 9.92. The van der Waals surface area contributed by atoms with Gasteiger partial charge in [0.2, 0.25) is 11.8 Å². The summed E-state index contributed by atoms with van der Waals surface area (Å²) in [5, 5.41) is 7.17. The average molecular weight is 510 g/mol. The van der Waals surface area contributed by atoms with Gasteiger partial charge in [0.25, 0.3) is 0 Å². The van der Waals surface area contributed by atoms with Crippen molar-refractivity contribution >= 4 is 11.6 Å². The summed E-state index contributed by atoms with van der Waals surface area (Å²) in [4.78, 5) is 10.5. The molecule has 0 amide bonds. The maximum absolute atomic E-state index is 13.6. The highest BCUT2D eigenvalue weighted by Crippen LogP contribution is 2.40. The van der Waals surface area contributed by atoms with E-state index in [4.69, 9.17) is 9.47 Å². The van der Waals surface area contributed by atoms with Gasteiger partial charge in [-0.15, -0.1) is 5.10 Å². The molecular weight excluding hydrogens is 487 g/mol. The average Bonchev–Trinajstić information content (AvgIpc) is 3.29. The molecule has 2 aromatic heterocycles. The smallest absolute Gasteiger partial charge is 0.408 e. The van der Waals surface area contributed by atoms with Crippen LogP contribution < -0.4 is 19.7 Å². The second-order valence-electron chi connectivity index (χ2n) is 8.90. The highest BCUT2D eigenvalue weighted by Gasteiger charge is 2.43. The van der Waals surface area contributed by atoms with E-state index in [1.807, 2.05) is 12.1 Å². The molecule has 1 aromatic carbocycles. The first-order valence-corrected chi connectivity index (χ1v) is 11.3. The quantitative estimate of drug-likeness (QED) is 0.464. The minimum Gasteiger partial charge on any atom is -0.481 e. The fourth-order valence-electron chi connectivity index (χ4n) is 4.91. The Balaban J connectivity index is 1.34. The Morgan fingerprint density at radius 2 is 1.81 bits per heavy atom. The third-order valence-corrected chi connectivity index (χ3v) is 6.49. The van der Waals surface area contributed by atoms with Crippen LogP contribution in [-0.2, 0) is 6.54 Å². The number of nitrogens with one attached hydrogen (secondary N) is 1. The molecule has 1 saturated carbocycles. The number of ether oxygens (including phenoxy) is 2. The summed E-state index contributed by atoms with van der Waals surface area (Å²) in [5.74, 6) is -1.55. The molecule has 36 heavy (non-hydrogen) atoms. The Hall–Kier alpha value is -3.64. The molecule has 8 nitrogen and oxygen atoms in total. The molecule has 1 aliphatic carbocycles. The maximum Gasteiger partial charge on any atom is 0.408 e. The molecule has 0 spiro atoms. The van der Waals surface area contributed by atoms with Gasteiger partial charge in [0.15, 0.2) is 11.6 Å². The highest BCUT2D eigenvalue weighted by molar-refractivity contribution is 5.49. The molecule has 0 radical (unpaired) electrons. The number of benzene rings is 1. The second kappa shape index (κ2) is 9.43. The van der Waals surface area contributed by atoms with Crippen LogP contribution in [0, 0.1) is 23.5 Å². The van der Waals surface area contributed by atoms with Crippen LogP contribution in [0.15, 0.2) is 36.5 Å². The number of halogens is 5. The van der Waals surface area contributed by atoms with Crippen molar-refractivity contribution in [2.75, 3.05) is 30.4 Å². The topological polar surface area (TPSA) is 77.3 Å². The molecule has 1 N–H and O–H groups in total. The predicted octanol–water partition coefficient (Wildman–Crippen LogP) is 4.64. The van der Waals surface area contributed by atoms with Gasteiger partial charge < -0.3 is 19.7 Å². The molecule has 1 aliphatic heterocycles. The van der Waals surface area contributed by atoms with Crippen LogP contribution >= 0.6 is 0 Å². The minimum atomic E-state index is -4.59. The van der Waals surface area contributed by atoms with Gasteiger partial charge in [0.05, 0.1) is 7.11 Å². The van der Waals surface area contributed by atoms with E-state index < -0.39 is 30.4 Å². The van der Waals surface area contributed by atoms with Crippen LogP contribution in [0.25, 0.3) is 0 Å². The third kappa shape index (κ3) is 5.14. The Morgan fingerprint density at radius 1 is 1.06 bits per heavy atom. The van der Waals surface area contributed by atoms with Crippen LogP contribution in [-0.4, -0.2) is 52.2 Å². The summed E-state index contributed by atoms with van der Waals surface area (Å²) < 4.78 is 77.3. The molecule has 3 aromatic rings. The first-order chi connectivity index (χ1) is 17.2. The van der Waals surface area contributed by atoms with E-state index in [1.165, 1.54) is 0 Å². The molecule has 2 bridgehead atoms. The van der Waals surface area contributed by atoms with Crippen LogP contribution in [0.5, 0.6) is 17.6 Å². The SMILES string of the molecule is COc1cc(N2C[C@H]3CC[C@@H](C2)[C@H]3Nc2nc(Oc3ccc(F)c(F)c3)n(CC(F)(F)F)n2)ccn1. The van der Waals surface area contributed by atoms with E-state index in [1.54, 1.807) is 13.3 Å². The van der Waals surface area contributed by atoms with E-state index in [2.05, 4.69) is 25.3 Å². The summed E-state index contributed by atoms with van der Waals surface area (Å²) in [5.41, 5.74) is 0.993. The van der Waals surface area contributed by atoms with E-state index in [0.29, 0.717) is 10.6 Å². The van der Waals surface area contributed by atoms with Crippen molar-refractivity contribution in [1.29, 1.82) is 0 Å². The number of fused-ring (bicyclic) bond motifs is 2. The van der Waals surface area contributed by atoms with E-state index in [0.717, 1.165) is 49.8 Å². The van der Waals surface area contributed by atoms with Crippen molar-refractivity contribution in [3.05, 3.63) is 48.2 Å². The Morgan fingerprint density at radius 3 is 2.47 bits per heavy atom. The zero-order valence-electron chi connectivity index (χ0n) is 19.2. The number of rotatable bonds is 7. The van der Waals surface area contributed by atoms with Gasteiger partial charge in [-0.25, -0.2) is 18.4 Å². The lowest BCUT2D eigenvalue weighted by molar-refractivity contribution is -0.143. The number of nitrogens with zero attached hydrogens (tertiary/aromatic N) is 5. The number of alkyl halides is 3. The van der Waals surface area contributed by atoms with E-state index in [-0.39, 0.29) is 29.6 Å². The van der Waals surface area contributed by atoms with Gasteiger partial charge in [0, 0.05) is 43.1 Å². The molecule has 13 heteroatoms. The van der Waals surface area contributed by atoms with Crippen molar-refractivity contribution in [1.82, 2.24) is 19.7 Å². The van der Waals surface area contributed by atoms with Gasteiger partial charge >= 0.3 is 12.2 Å². The fraction of sp³-hybridized carbons (Fsp3) is 0.435. The molecule has 2 fully saturated rings. The standard InChI is InChI=1S/C23H23F5N6O2/c1-35-19-8-15(6-7-29-19)33-10-13-2-3-14(11-33)20(13)30-21-31-22(34(32-21)12-23(26,27)28)36-16-4-5-17(24)18(25)9-16/h4-9,13-14,20H,2-3,10-12H2,1H3,(H,30,32)/t13-,14+,20+. The summed E-state index contributed by atoms with van der Waals surface area (Å²) in [6.45, 7) is 0.0292. The number of methoxy groups -OCH3 is 1. The van der Waals surface area contributed by atoms with Crippen LogP contribution in [0.4, 0.5) is 33.6 Å². The van der Waals surface area contributed by atoms with Crippen molar-refractivity contribution in [2.45, 2.75) is 31.6 Å². The van der Waals surface area contributed by atoms with Gasteiger partial charge in [0.1, 0.15) is 12.3 Å². The molecular formula is C23H23F5N6O2. The van der Waals surface area contributed by atoms with Crippen molar-refractivity contribution in [3.8, 4) is 17.6 Å². The first-order valence-electron chi connectivity index (χ1n) is 11.3. The molecule has 2 aliphatic rings. The zero-order chi connectivity index (χ0) is 25.4. The highest BCUT2D eigenvalue weighted by atomic mass is 19.4. The number of pyridine rings is 1.